The molecule has 3 heteroatoms. The van der Waals surface area contributed by atoms with Crippen molar-refractivity contribution in [3.8, 4) is 5.75 Å². The Kier molecular flexibility index (Phi) is 3.25. The number of rotatable bonds is 4. The maximum Gasteiger partial charge on any atom is 0.195 e. The Balaban J connectivity index is 2.15. The lowest BCUT2D eigenvalue weighted by Crippen LogP contribution is -2.01. The Bertz CT molecular complexity index is 744. The summed E-state index contributed by atoms with van der Waals surface area (Å²) in [7, 11) is 0. The van der Waals surface area contributed by atoms with E-state index < -0.39 is 0 Å². The molecule has 3 rings (SSSR count). The summed E-state index contributed by atoms with van der Waals surface area (Å²) in [4.78, 5) is 15.7. The van der Waals surface area contributed by atoms with Crippen LogP contribution < -0.4 is 4.74 Å². The van der Waals surface area contributed by atoms with Crippen LogP contribution in [0.1, 0.15) is 22.8 Å². The fraction of sp³-hybridized carbons (Fsp3) is 0.118. The number of hydrogen-bond donors (Lipinski definition) is 1. The zero-order chi connectivity index (χ0) is 13.9. The van der Waals surface area contributed by atoms with Crippen molar-refractivity contribution in [3.05, 3.63) is 65.9 Å². The highest BCUT2D eigenvalue weighted by atomic mass is 16.5. The van der Waals surface area contributed by atoms with E-state index in [1.807, 2.05) is 55.5 Å². The molecule has 1 heterocycles. The van der Waals surface area contributed by atoms with Gasteiger partial charge in [0.2, 0.25) is 0 Å². The maximum atomic E-state index is 12.6. The highest BCUT2D eigenvalue weighted by Gasteiger charge is 2.16. The molecule has 0 spiro atoms. The molecule has 0 saturated carbocycles. The van der Waals surface area contributed by atoms with Crippen molar-refractivity contribution >= 4 is 16.7 Å². The van der Waals surface area contributed by atoms with Gasteiger partial charge < -0.3 is 9.72 Å². The number of carbonyl (C=O) groups is 1. The highest BCUT2D eigenvalue weighted by Crippen LogP contribution is 2.30. The van der Waals surface area contributed by atoms with Crippen LogP contribution in [-0.2, 0) is 0 Å². The summed E-state index contributed by atoms with van der Waals surface area (Å²) in [5.74, 6) is 0.745. The zero-order valence-corrected chi connectivity index (χ0v) is 11.2. The quantitative estimate of drug-likeness (QED) is 0.729. The molecule has 0 saturated heterocycles. The molecule has 3 aromatic rings. The molecule has 0 amide bonds. The Labute approximate surface area is 117 Å². The summed E-state index contributed by atoms with van der Waals surface area (Å²) in [6.07, 6.45) is 1.75. The van der Waals surface area contributed by atoms with E-state index in [1.165, 1.54) is 0 Å². The van der Waals surface area contributed by atoms with E-state index in [-0.39, 0.29) is 5.78 Å². The minimum atomic E-state index is 0.00371. The lowest BCUT2D eigenvalue weighted by molar-refractivity contribution is 0.104. The first-order chi connectivity index (χ1) is 9.81. The van der Waals surface area contributed by atoms with Gasteiger partial charge in [0.05, 0.1) is 17.6 Å². The number of ketones is 1. The van der Waals surface area contributed by atoms with Crippen LogP contribution in [0.25, 0.3) is 10.9 Å². The van der Waals surface area contributed by atoms with Crippen LogP contribution in [-0.4, -0.2) is 17.4 Å². The lowest BCUT2D eigenvalue weighted by Gasteiger charge is -2.06. The SMILES string of the molecule is CCOc1cccc2[nH]cc(C(=O)c3ccccc3)c12. The molecule has 1 N–H and O–H groups in total. The molecule has 20 heavy (non-hydrogen) atoms. The summed E-state index contributed by atoms with van der Waals surface area (Å²) in [5, 5.41) is 0.850. The Hall–Kier alpha value is -2.55. The summed E-state index contributed by atoms with van der Waals surface area (Å²) in [6, 6.07) is 15.0. The molecule has 0 aliphatic heterocycles. The first-order valence-corrected chi connectivity index (χ1v) is 6.64. The minimum Gasteiger partial charge on any atom is -0.493 e. The molecule has 0 radical (unpaired) electrons. The van der Waals surface area contributed by atoms with Crippen molar-refractivity contribution in [2.24, 2.45) is 0 Å². The molecule has 0 aliphatic carbocycles. The molecule has 0 bridgehead atoms. The van der Waals surface area contributed by atoms with Crippen LogP contribution in [0.3, 0.4) is 0 Å². The number of aromatic nitrogens is 1. The van der Waals surface area contributed by atoms with Crippen molar-refractivity contribution in [2.75, 3.05) is 6.61 Å². The summed E-state index contributed by atoms with van der Waals surface area (Å²) < 4.78 is 5.63. The fourth-order valence-corrected chi connectivity index (χ4v) is 2.35. The second kappa shape index (κ2) is 5.21. The largest absolute Gasteiger partial charge is 0.493 e. The van der Waals surface area contributed by atoms with Gasteiger partial charge in [-0.05, 0) is 19.1 Å². The Morgan fingerprint density at radius 2 is 1.90 bits per heavy atom. The fourth-order valence-electron chi connectivity index (χ4n) is 2.35. The topological polar surface area (TPSA) is 42.1 Å². The van der Waals surface area contributed by atoms with Gasteiger partial charge in [0.15, 0.2) is 5.78 Å². The monoisotopic (exact) mass is 265 g/mol. The van der Waals surface area contributed by atoms with Crippen LogP contribution in [0.5, 0.6) is 5.75 Å². The third-order valence-corrected chi connectivity index (χ3v) is 3.25. The highest BCUT2D eigenvalue weighted by molar-refractivity contribution is 6.17. The number of hydrogen-bond acceptors (Lipinski definition) is 2. The van der Waals surface area contributed by atoms with Gasteiger partial charge >= 0.3 is 0 Å². The first kappa shape index (κ1) is 12.5. The van der Waals surface area contributed by atoms with Crippen LogP contribution in [0.2, 0.25) is 0 Å². The van der Waals surface area contributed by atoms with Gasteiger partial charge in [-0.2, -0.15) is 0 Å². The number of H-pyrrole nitrogens is 1. The second-order valence-corrected chi connectivity index (χ2v) is 4.51. The molecule has 0 fully saturated rings. The first-order valence-electron chi connectivity index (χ1n) is 6.64. The van der Waals surface area contributed by atoms with Gasteiger partial charge in [-0.1, -0.05) is 36.4 Å². The molecule has 2 aromatic carbocycles. The van der Waals surface area contributed by atoms with E-state index in [2.05, 4.69) is 4.98 Å². The van der Waals surface area contributed by atoms with Crippen LogP contribution >= 0.6 is 0 Å². The number of benzene rings is 2. The van der Waals surface area contributed by atoms with Gasteiger partial charge in [0, 0.05) is 17.3 Å². The van der Waals surface area contributed by atoms with Gasteiger partial charge in [-0.25, -0.2) is 0 Å². The van der Waals surface area contributed by atoms with Gasteiger partial charge in [0.25, 0.3) is 0 Å². The van der Waals surface area contributed by atoms with Crippen LogP contribution in [0.15, 0.2) is 54.7 Å². The van der Waals surface area contributed by atoms with Crippen LogP contribution in [0.4, 0.5) is 0 Å². The molecule has 3 nitrogen and oxygen atoms in total. The van der Waals surface area contributed by atoms with Crippen molar-refractivity contribution in [2.45, 2.75) is 6.92 Å². The average molecular weight is 265 g/mol. The predicted molar refractivity (Wildman–Crippen MR) is 79.3 cm³/mol. The number of fused-ring (bicyclic) bond motifs is 1. The third kappa shape index (κ3) is 2.07. The molecular weight excluding hydrogens is 250 g/mol. The second-order valence-electron chi connectivity index (χ2n) is 4.51. The molecule has 0 unspecified atom stereocenters. The van der Waals surface area contributed by atoms with E-state index in [9.17, 15) is 4.79 Å². The molecule has 0 atom stereocenters. The lowest BCUT2D eigenvalue weighted by atomic mass is 10.0. The minimum absolute atomic E-state index is 0.00371. The Morgan fingerprint density at radius 3 is 2.65 bits per heavy atom. The van der Waals surface area contributed by atoms with Crippen molar-refractivity contribution in [3.63, 3.8) is 0 Å². The van der Waals surface area contributed by atoms with E-state index in [0.29, 0.717) is 17.7 Å². The predicted octanol–water partition coefficient (Wildman–Crippen LogP) is 3.80. The Morgan fingerprint density at radius 1 is 1.10 bits per heavy atom. The maximum absolute atomic E-state index is 12.6. The van der Waals surface area contributed by atoms with E-state index in [1.54, 1.807) is 6.20 Å². The number of nitrogens with one attached hydrogen (secondary N) is 1. The summed E-state index contributed by atoms with van der Waals surface area (Å²) in [5.41, 5.74) is 2.24. The number of ether oxygens (including phenoxy) is 1. The summed E-state index contributed by atoms with van der Waals surface area (Å²) >= 11 is 0. The number of carbonyl (C=O) groups excluding carboxylic acids is 1. The smallest absolute Gasteiger partial charge is 0.195 e. The van der Waals surface area contributed by atoms with Crippen molar-refractivity contribution in [1.82, 2.24) is 4.98 Å². The van der Waals surface area contributed by atoms with Crippen molar-refractivity contribution < 1.29 is 9.53 Å². The van der Waals surface area contributed by atoms with Gasteiger partial charge in [0.1, 0.15) is 5.75 Å². The van der Waals surface area contributed by atoms with E-state index >= 15 is 0 Å². The molecular formula is C17H15NO2. The van der Waals surface area contributed by atoms with E-state index in [0.717, 1.165) is 16.7 Å². The standard InChI is InChI=1S/C17H15NO2/c1-2-20-15-10-6-9-14-16(15)13(11-18-14)17(19)12-7-4-3-5-8-12/h3-11,18H,2H2,1H3. The van der Waals surface area contributed by atoms with Gasteiger partial charge in [-0.15, -0.1) is 0 Å². The summed E-state index contributed by atoms with van der Waals surface area (Å²) in [6.45, 7) is 2.51. The normalized spacial score (nSPS) is 10.7. The molecule has 100 valence electrons. The van der Waals surface area contributed by atoms with Crippen LogP contribution in [0, 0.1) is 0 Å². The van der Waals surface area contributed by atoms with E-state index in [4.69, 9.17) is 4.74 Å². The molecule has 0 aliphatic rings. The van der Waals surface area contributed by atoms with Gasteiger partial charge in [-0.3, -0.25) is 4.79 Å². The average Bonchev–Trinajstić information content (AvgIpc) is 2.93. The zero-order valence-electron chi connectivity index (χ0n) is 11.2. The molecule has 1 aromatic heterocycles. The third-order valence-electron chi connectivity index (χ3n) is 3.25. The van der Waals surface area contributed by atoms with Crippen molar-refractivity contribution in [1.29, 1.82) is 0 Å². The number of aromatic amines is 1.